The molecule has 0 aliphatic rings. The van der Waals surface area contributed by atoms with Crippen LogP contribution in [0, 0.1) is 11.3 Å². The molecule has 0 amide bonds. The summed E-state index contributed by atoms with van der Waals surface area (Å²) in [5.74, 6) is 1.28. The highest BCUT2D eigenvalue weighted by Crippen LogP contribution is 2.17. The zero-order chi connectivity index (χ0) is 11.4. The highest BCUT2D eigenvalue weighted by Gasteiger charge is 2.04. The number of nitriles is 1. The summed E-state index contributed by atoms with van der Waals surface area (Å²) in [5.41, 5.74) is 0.518. The SMILES string of the molecule is Cn1cnnc1COc1ccccc1C#N. The van der Waals surface area contributed by atoms with E-state index in [0.29, 0.717) is 23.7 Å². The van der Waals surface area contributed by atoms with Crippen molar-refractivity contribution in [2.45, 2.75) is 6.61 Å². The van der Waals surface area contributed by atoms with Crippen LogP contribution in [0.4, 0.5) is 0 Å². The predicted molar refractivity (Wildman–Crippen MR) is 56.5 cm³/mol. The Kier molecular flexibility index (Phi) is 2.83. The molecule has 0 atom stereocenters. The summed E-state index contributed by atoms with van der Waals surface area (Å²) in [6, 6.07) is 9.17. The lowest BCUT2D eigenvalue weighted by molar-refractivity contribution is 0.290. The van der Waals surface area contributed by atoms with Crippen LogP contribution in [0.5, 0.6) is 5.75 Å². The van der Waals surface area contributed by atoms with E-state index in [-0.39, 0.29) is 0 Å². The summed E-state index contributed by atoms with van der Waals surface area (Å²) in [7, 11) is 1.84. The minimum absolute atomic E-state index is 0.301. The molecule has 80 valence electrons. The number of aromatic nitrogens is 3. The molecule has 0 aliphatic carbocycles. The Bertz CT molecular complexity index is 527. The maximum absolute atomic E-state index is 8.87. The summed E-state index contributed by atoms with van der Waals surface area (Å²) < 4.78 is 7.28. The molecule has 1 aromatic carbocycles. The van der Waals surface area contributed by atoms with Crippen molar-refractivity contribution in [1.82, 2.24) is 14.8 Å². The van der Waals surface area contributed by atoms with E-state index in [1.54, 1.807) is 29.1 Å². The molecule has 1 aromatic heterocycles. The van der Waals surface area contributed by atoms with Crippen LogP contribution in [0.1, 0.15) is 11.4 Å². The molecule has 0 aliphatic heterocycles. The van der Waals surface area contributed by atoms with Gasteiger partial charge >= 0.3 is 0 Å². The number of para-hydroxylation sites is 1. The highest BCUT2D eigenvalue weighted by atomic mass is 16.5. The molecule has 0 radical (unpaired) electrons. The van der Waals surface area contributed by atoms with Crippen molar-refractivity contribution in [1.29, 1.82) is 5.26 Å². The number of ether oxygens (including phenoxy) is 1. The Morgan fingerprint density at radius 2 is 2.25 bits per heavy atom. The van der Waals surface area contributed by atoms with Gasteiger partial charge in [0.1, 0.15) is 24.8 Å². The molecule has 0 spiro atoms. The Balaban J connectivity index is 2.11. The second-order valence-corrected chi connectivity index (χ2v) is 3.25. The Morgan fingerprint density at radius 1 is 1.44 bits per heavy atom. The molecule has 1 heterocycles. The van der Waals surface area contributed by atoms with E-state index in [9.17, 15) is 0 Å². The van der Waals surface area contributed by atoms with Crippen molar-refractivity contribution in [2.75, 3.05) is 0 Å². The normalized spacial score (nSPS) is 9.75. The molecule has 0 saturated heterocycles. The summed E-state index contributed by atoms with van der Waals surface area (Å²) in [4.78, 5) is 0. The zero-order valence-electron chi connectivity index (χ0n) is 8.79. The van der Waals surface area contributed by atoms with E-state index < -0.39 is 0 Å². The van der Waals surface area contributed by atoms with Crippen molar-refractivity contribution in [3.8, 4) is 11.8 Å². The molecule has 0 unspecified atom stereocenters. The van der Waals surface area contributed by atoms with Crippen LogP contribution in [0.2, 0.25) is 0 Å². The minimum atomic E-state index is 0.301. The van der Waals surface area contributed by atoms with Gasteiger partial charge < -0.3 is 9.30 Å². The lowest BCUT2D eigenvalue weighted by Crippen LogP contribution is -2.03. The molecule has 0 saturated carbocycles. The minimum Gasteiger partial charge on any atom is -0.484 e. The third kappa shape index (κ3) is 2.01. The predicted octanol–water partition coefficient (Wildman–Crippen LogP) is 1.27. The molecule has 0 N–H and O–H groups in total. The van der Waals surface area contributed by atoms with E-state index in [0.717, 1.165) is 0 Å². The third-order valence-electron chi connectivity index (χ3n) is 2.17. The molecule has 2 rings (SSSR count). The molecule has 0 bridgehead atoms. The first-order valence-corrected chi connectivity index (χ1v) is 4.76. The van der Waals surface area contributed by atoms with Crippen molar-refractivity contribution in [3.63, 3.8) is 0 Å². The number of aryl methyl sites for hydroxylation is 1. The molecule has 5 heteroatoms. The number of hydrogen-bond acceptors (Lipinski definition) is 4. The number of benzene rings is 1. The monoisotopic (exact) mass is 214 g/mol. The summed E-state index contributed by atoms with van der Waals surface area (Å²) >= 11 is 0. The van der Waals surface area contributed by atoms with Crippen molar-refractivity contribution >= 4 is 0 Å². The van der Waals surface area contributed by atoms with Gasteiger partial charge in [-0.25, -0.2) is 0 Å². The quantitative estimate of drug-likeness (QED) is 0.771. The van der Waals surface area contributed by atoms with E-state index in [1.807, 2.05) is 13.1 Å². The first-order valence-electron chi connectivity index (χ1n) is 4.76. The standard InChI is InChI=1S/C11H10N4O/c1-15-8-13-14-11(15)7-16-10-5-3-2-4-9(10)6-12/h2-5,8H,7H2,1H3. The lowest BCUT2D eigenvalue weighted by atomic mass is 10.2. The van der Waals surface area contributed by atoms with Crippen LogP contribution in [0.15, 0.2) is 30.6 Å². The van der Waals surface area contributed by atoms with Crippen LogP contribution in [-0.4, -0.2) is 14.8 Å². The Labute approximate surface area is 92.9 Å². The molecule has 2 aromatic rings. The molecular formula is C11H10N4O. The highest BCUT2D eigenvalue weighted by molar-refractivity contribution is 5.42. The van der Waals surface area contributed by atoms with Gasteiger partial charge in [-0.2, -0.15) is 5.26 Å². The second kappa shape index (κ2) is 4.45. The first-order chi connectivity index (χ1) is 7.81. The largest absolute Gasteiger partial charge is 0.484 e. The van der Waals surface area contributed by atoms with Gasteiger partial charge in [-0.15, -0.1) is 10.2 Å². The van der Waals surface area contributed by atoms with E-state index in [2.05, 4.69) is 16.3 Å². The Hall–Kier alpha value is -2.35. The first kappa shape index (κ1) is 10.2. The maximum Gasteiger partial charge on any atom is 0.170 e. The van der Waals surface area contributed by atoms with Gasteiger partial charge in [0.2, 0.25) is 0 Å². The van der Waals surface area contributed by atoms with Crippen LogP contribution in [0.3, 0.4) is 0 Å². The average Bonchev–Trinajstić information content (AvgIpc) is 2.72. The van der Waals surface area contributed by atoms with Crippen LogP contribution < -0.4 is 4.74 Å². The fourth-order valence-corrected chi connectivity index (χ4v) is 1.26. The number of nitrogens with zero attached hydrogens (tertiary/aromatic N) is 4. The van der Waals surface area contributed by atoms with Crippen molar-refractivity contribution < 1.29 is 4.74 Å². The summed E-state index contributed by atoms with van der Waals surface area (Å²) in [6.07, 6.45) is 1.61. The van der Waals surface area contributed by atoms with Crippen LogP contribution >= 0.6 is 0 Å². The van der Waals surface area contributed by atoms with Crippen molar-refractivity contribution in [3.05, 3.63) is 42.0 Å². The number of rotatable bonds is 3. The van der Waals surface area contributed by atoms with Gasteiger partial charge in [-0.05, 0) is 12.1 Å². The van der Waals surface area contributed by atoms with Gasteiger partial charge in [0.05, 0.1) is 5.56 Å². The topological polar surface area (TPSA) is 63.7 Å². The van der Waals surface area contributed by atoms with E-state index >= 15 is 0 Å². The van der Waals surface area contributed by atoms with E-state index in [1.165, 1.54) is 0 Å². The second-order valence-electron chi connectivity index (χ2n) is 3.25. The molecule has 16 heavy (non-hydrogen) atoms. The number of hydrogen-bond donors (Lipinski definition) is 0. The van der Waals surface area contributed by atoms with Gasteiger partial charge in [-0.3, -0.25) is 0 Å². The fourth-order valence-electron chi connectivity index (χ4n) is 1.26. The summed E-state index contributed by atoms with van der Waals surface area (Å²) in [5, 5.41) is 16.5. The van der Waals surface area contributed by atoms with Gasteiger partial charge in [-0.1, -0.05) is 12.1 Å². The summed E-state index contributed by atoms with van der Waals surface area (Å²) in [6.45, 7) is 0.301. The molecular weight excluding hydrogens is 204 g/mol. The van der Waals surface area contributed by atoms with Crippen LogP contribution in [0.25, 0.3) is 0 Å². The van der Waals surface area contributed by atoms with Gasteiger partial charge in [0.25, 0.3) is 0 Å². The van der Waals surface area contributed by atoms with Crippen molar-refractivity contribution in [2.24, 2.45) is 7.05 Å². The van der Waals surface area contributed by atoms with E-state index in [4.69, 9.17) is 10.00 Å². The smallest absolute Gasteiger partial charge is 0.170 e. The third-order valence-corrected chi connectivity index (χ3v) is 2.17. The lowest BCUT2D eigenvalue weighted by Gasteiger charge is -2.06. The van der Waals surface area contributed by atoms with Crippen LogP contribution in [-0.2, 0) is 13.7 Å². The van der Waals surface area contributed by atoms with Gasteiger partial charge in [0.15, 0.2) is 5.82 Å². The molecule has 5 nitrogen and oxygen atoms in total. The maximum atomic E-state index is 8.87. The van der Waals surface area contributed by atoms with Gasteiger partial charge in [0, 0.05) is 7.05 Å². The average molecular weight is 214 g/mol. The zero-order valence-corrected chi connectivity index (χ0v) is 8.79. The Morgan fingerprint density at radius 3 is 2.94 bits per heavy atom. The molecule has 0 fully saturated rings. The fraction of sp³-hybridized carbons (Fsp3) is 0.182.